The van der Waals surface area contributed by atoms with Gasteiger partial charge in [-0.2, -0.15) is 0 Å². The highest BCUT2D eigenvalue weighted by molar-refractivity contribution is 6.33. The lowest BCUT2D eigenvalue weighted by molar-refractivity contribution is -0.120. The first-order chi connectivity index (χ1) is 7.65. The standard InChI is InChI=1S/C12H17ClN2O/c1-3-14-11(16)7-8-15-12-9(2)5-4-6-10(12)13/h4-6,15H,3,7-8H2,1-2H3,(H,14,16). The van der Waals surface area contributed by atoms with Crippen molar-refractivity contribution in [1.29, 1.82) is 0 Å². The Bertz CT molecular complexity index is 346. The van der Waals surface area contributed by atoms with Gasteiger partial charge in [-0.3, -0.25) is 4.79 Å². The second-order valence-electron chi connectivity index (χ2n) is 3.56. The van der Waals surface area contributed by atoms with E-state index in [9.17, 15) is 4.79 Å². The zero-order chi connectivity index (χ0) is 12.0. The molecule has 1 aromatic rings. The molecule has 0 radical (unpaired) electrons. The highest BCUT2D eigenvalue weighted by Crippen LogP contribution is 2.24. The molecule has 88 valence electrons. The van der Waals surface area contributed by atoms with Crippen molar-refractivity contribution in [1.82, 2.24) is 5.32 Å². The highest BCUT2D eigenvalue weighted by Gasteiger charge is 2.04. The van der Waals surface area contributed by atoms with E-state index >= 15 is 0 Å². The van der Waals surface area contributed by atoms with Crippen molar-refractivity contribution in [3.8, 4) is 0 Å². The summed E-state index contributed by atoms with van der Waals surface area (Å²) in [5.74, 6) is 0.0553. The molecule has 1 aromatic carbocycles. The van der Waals surface area contributed by atoms with E-state index in [0.29, 0.717) is 24.5 Å². The summed E-state index contributed by atoms with van der Waals surface area (Å²) in [6.07, 6.45) is 0.457. The third kappa shape index (κ3) is 3.74. The average Bonchev–Trinajstić information content (AvgIpc) is 2.23. The zero-order valence-electron chi connectivity index (χ0n) is 9.64. The van der Waals surface area contributed by atoms with Crippen LogP contribution in [0.4, 0.5) is 5.69 Å². The minimum Gasteiger partial charge on any atom is -0.383 e. The van der Waals surface area contributed by atoms with E-state index in [4.69, 9.17) is 11.6 Å². The molecule has 1 rings (SSSR count). The summed E-state index contributed by atoms with van der Waals surface area (Å²) in [6.45, 7) is 5.16. The van der Waals surface area contributed by atoms with Gasteiger partial charge in [-0.15, -0.1) is 0 Å². The molecule has 4 heteroatoms. The Morgan fingerprint density at radius 2 is 2.19 bits per heavy atom. The molecule has 0 aromatic heterocycles. The molecule has 1 amide bonds. The minimum absolute atomic E-state index is 0.0553. The lowest BCUT2D eigenvalue weighted by atomic mass is 10.2. The van der Waals surface area contributed by atoms with Gasteiger partial charge in [0.15, 0.2) is 0 Å². The Kier molecular flexibility index (Phi) is 5.12. The molecule has 0 aliphatic rings. The van der Waals surface area contributed by atoms with Crippen molar-refractivity contribution >= 4 is 23.2 Å². The van der Waals surface area contributed by atoms with Gasteiger partial charge in [-0.05, 0) is 25.5 Å². The molecule has 0 unspecified atom stereocenters. The van der Waals surface area contributed by atoms with Gasteiger partial charge in [-0.25, -0.2) is 0 Å². The van der Waals surface area contributed by atoms with Crippen LogP contribution in [0.1, 0.15) is 18.9 Å². The number of anilines is 1. The quantitative estimate of drug-likeness (QED) is 0.831. The number of benzene rings is 1. The largest absolute Gasteiger partial charge is 0.383 e. The fourth-order valence-corrected chi connectivity index (χ4v) is 1.73. The molecule has 3 nitrogen and oxygen atoms in total. The van der Waals surface area contributed by atoms with Crippen LogP contribution < -0.4 is 10.6 Å². The fourth-order valence-electron chi connectivity index (χ4n) is 1.44. The number of hydrogen-bond donors (Lipinski definition) is 2. The molecule has 2 N–H and O–H groups in total. The van der Waals surface area contributed by atoms with Gasteiger partial charge in [0.1, 0.15) is 0 Å². The van der Waals surface area contributed by atoms with Gasteiger partial charge in [0.2, 0.25) is 5.91 Å². The Balaban J connectivity index is 2.46. The van der Waals surface area contributed by atoms with Crippen molar-refractivity contribution in [2.75, 3.05) is 18.4 Å². The summed E-state index contributed by atoms with van der Waals surface area (Å²) in [4.78, 5) is 11.2. The predicted molar refractivity (Wildman–Crippen MR) is 68.0 cm³/mol. The first kappa shape index (κ1) is 12.8. The van der Waals surface area contributed by atoms with Crippen molar-refractivity contribution in [2.45, 2.75) is 20.3 Å². The van der Waals surface area contributed by atoms with Gasteiger partial charge in [0.25, 0.3) is 0 Å². The van der Waals surface area contributed by atoms with Crippen molar-refractivity contribution < 1.29 is 4.79 Å². The van der Waals surface area contributed by atoms with Crippen molar-refractivity contribution in [2.24, 2.45) is 0 Å². The van der Waals surface area contributed by atoms with Crippen LogP contribution in [-0.4, -0.2) is 19.0 Å². The van der Waals surface area contributed by atoms with Crippen molar-refractivity contribution in [3.63, 3.8) is 0 Å². The molecule has 0 saturated carbocycles. The van der Waals surface area contributed by atoms with E-state index in [1.54, 1.807) is 0 Å². The van der Waals surface area contributed by atoms with E-state index in [-0.39, 0.29) is 5.91 Å². The topological polar surface area (TPSA) is 41.1 Å². The zero-order valence-corrected chi connectivity index (χ0v) is 10.4. The Morgan fingerprint density at radius 1 is 1.44 bits per heavy atom. The second-order valence-corrected chi connectivity index (χ2v) is 3.97. The van der Waals surface area contributed by atoms with Crippen LogP contribution in [0.3, 0.4) is 0 Å². The molecule has 0 atom stereocenters. The number of aryl methyl sites for hydroxylation is 1. The molecular weight excluding hydrogens is 224 g/mol. The third-order valence-corrected chi connectivity index (χ3v) is 2.56. The van der Waals surface area contributed by atoms with Crippen LogP contribution in [-0.2, 0) is 4.79 Å². The predicted octanol–water partition coefficient (Wildman–Crippen LogP) is 2.59. The summed E-state index contributed by atoms with van der Waals surface area (Å²) in [5, 5.41) is 6.62. The van der Waals surface area contributed by atoms with Gasteiger partial charge < -0.3 is 10.6 Å². The normalized spacial score (nSPS) is 9.94. The molecule has 16 heavy (non-hydrogen) atoms. The number of hydrogen-bond acceptors (Lipinski definition) is 2. The summed E-state index contributed by atoms with van der Waals surface area (Å²) >= 11 is 6.04. The van der Waals surface area contributed by atoms with E-state index in [0.717, 1.165) is 11.3 Å². The van der Waals surface area contributed by atoms with Gasteiger partial charge in [0, 0.05) is 19.5 Å². The number of carbonyl (C=O) groups excluding carboxylic acids is 1. The molecule has 0 aliphatic carbocycles. The maximum Gasteiger partial charge on any atom is 0.221 e. The minimum atomic E-state index is 0.0553. The fraction of sp³-hybridized carbons (Fsp3) is 0.417. The number of rotatable bonds is 5. The molecule has 0 saturated heterocycles. The maximum atomic E-state index is 11.2. The monoisotopic (exact) mass is 240 g/mol. The molecule has 0 bridgehead atoms. The van der Waals surface area contributed by atoms with Crippen LogP contribution in [0.2, 0.25) is 5.02 Å². The lowest BCUT2D eigenvalue weighted by Crippen LogP contribution is -2.24. The van der Waals surface area contributed by atoms with E-state index < -0.39 is 0 Å². The molecule has 0 spiro atoms. The average molecular weight is 241 g/mol. The van der Waals surface area contributed by atoms with Crippen LogP contribution in [0, 0.1) is 6.92 Å². The summed E-state index contributed by atoms with van der Waals surface area (Å²) < 4.78 is 0. The summed E-state index contributed by atoms with van der Waals surface area (Å²) in [5.41, 5.74) is 2.00. The van der Waals surface area contributed by atoms with E-state index in [1.807, 2.05) is 32.0 Å². The Morgan fingerprint density at radius 3 is 2.81 bits per heavy atom. The van der Waals surface area contributed by atoms with Crippen LogP contribution in [0.15, 0.2) is 18.2 Å². The molecule has 0 aliphatic heterocycles. The first-order valence-corrected chi connectivity index (χ1v) is 5.78. The molecule has 0 heterocycles. The SMILES string of the molecule is CCNC(=O)CCNc1c(C)cccc1Cl. The number of halogens is 1. The Labute approximate surface area is 101 Å². The number of carbonyl (C=O) groups is 1. The number of para-hydroxylation sites is 1. The van der Waals surface area contributed by atoms with E-state index in [1.165, 1.54) is 0 Å². The third-order valence-electron chi connectivity index (χ3n) is 2.25. The van der Waals surface area contributed by atoms with Crippen molar-refractivity contribution in [3.05, 3.63) is 28.8 Å². The van der Waals surface area contributed by atoms with Gasteiger partial charge in [0.05, 0.1) is 10.7 Å². The van der Waals surface area contributed by atoms with E-state index in [2.05, 4.69) is 10.6 Å². The highest BCUT2D eigenvalue weighted by atomic mass is 35.5. The van der Waals surface area contributed by atoms with Gasteiger partial charge in [-0.1, -0.05) is 23.7 Å². The first-order valence-electron chi connectivity index (χ1n) is 5.40. The molecule has 0 fully saturated rings. The summed E-state index contributed by atoms with van der Waals surface area (Å²) in [7, 11) is 0. The van der Waals surface area contributed by atoms with Crippen LogP contribution >= 0.6 is 11.6 Å². The van der Waals surface area contributed by atoms with Gasteiger partial charge >= 0.3 is 0 Å². The van der Waals surface area contributed by atoms with Crippen LogP contribution in [0.25, 0.3) is 0 Å². The smallest absolute Gasteiger partial charge is 0.221 e. The number of amides is 1. The molecular formula is C12H17ClN2O. The number of nitrogens with one attached hydrogen (secondary N) is 2. The lowest BCUT2D eigenvalue weighted by Gasteiger charge is -2.10. The Hall–Kier alpha value is -1.22. The second kappa shape index (κ2) is 6.38. The summed E-state index contributed by atoms with van der Waals surface area (Å²) in [6, 6.07) is 5.73. The van der Waals surface area contributed by atoms with Crippen LogP contribution in [0.5, 0.6) is 0 Å². The maximum absolute atomic E-state index is 11.2.